The largest absolute Gasteiger partial charge is 0.442 e. The number of hydrogen-bond donors (Lipinski definition) is 2. The van der Waals surface area contributed by atoms with Crippen molar-refractivity contribution in [3.63, 3.8) is 0 Å². The highest BCUT2D eigenvalue weighted by Crippen LogP contribution is 2.29. The van der Waals surface area contributed by atoms with Crippen molar-refractivity contribution in [1.82, 2.24) is 10.2 Å². The van der Waals surface area contributed by atoms with Crippen LogP contribution in [-0.4, -0.2) is 68.3 Å². The molecule has 2 aromatic carbocycles. The molecule has 0 spiro atoms. The van der Waals surface area contributed by atoms with Gasteiger partial charge >= 0.3 is 12.1 Å². The summed E-state index contributed by atoms with van der Waals surface area (Å²) in [4.78, 5) is 40.9. The number of para-hydroxylation sites is 1. The third-order valence-electron chi connectivity index (χ3n) is 6.06. The highest BCUT2D eigenvalue weighted by molar-refractivity contribution is 6.33. The van der Waals surface area contributed by atoms with Gasteiger partial charge in [0.2, 0.25) is 5.91 Å². The number of rotatable bonds is 5. The number of ether oxygens (including phenoxy) is 1. The highest BCUT2D eigenvalue weighted by atomic mass is 35.5. The van der Waals surface area contributed by atoms with E-state index in [9.17, 15) is 14.4 Å². The van der Waals surface area contributed by atoms with E-state index in [1.807, 2.05) is 24.0 Å². The molecule has 0 aromatic heterocycles. The zero-order chi connectivity index (χ0) is 25.1. The average molecular weight is 504 g/mol. The molecule has 2 heterocycles. The standard InChI is InChI=1S/C24H27ClFN5O4/c1-15-4-3-5-19(25)22(15)28-23(33)30-10-8-29(9-11-30)21-7-6-17(12-20(21)26)31-14-18(35-24(31)34)13-27-16(2)32/h3-7,12,18H,8-11,13-14H2,1-2H3,(H,27,32)(H,28,33)/t18-/m0/s1. The molecular weight excluding hydrogens is 477 g/mol. The Morgan fingerprint density at radius 2 is 1.91 bits per heavy atom. The average Bonchev–Trinajstić information content (AvgIpc) is 3.20. The lowest BCUT2D eigenvalue weighted by Gasteiger charge is -2.36. The van der Waals surface area contributed by atoms with Gasteiger partial charge in [-0.15, -0.1) is 0 Å². The van der Waals surface area contributed by atoms with Crippen LogP contribution in [-0.2, 0) is 9.53 Å². The van der Waals surface area contributed by atoms with Crippen LogP contribution in [0.15, 0.2) is 36.4 Å². The summed E-state index contributed by atoms with van der Waals surface area (Å²) in [5.41, 5.74) is 2.24. The number of halogens is 2. The van der Waals surface area contributed by atoms with Gasteiger partial charge in [0.1, 0.15) is 11.9 Å². The van der Waals surface area contributed by atoms with E-state index in [0.717, 1.165) is 5.56 Å². The van der Waals surface area contributed by atoms with Crippen LogP contribution in [0.3, 0.4) is 0 Å². The van der Waals surface area contributed by atoms with Gasteiger partial charge in [0.15, 0.2) is 0 Å². The molecule has 186 valence electrons. The zero-order valence-electron chi connectivity index (χ0n) is 19.5. The smallest absolute Gasteiger partial charge is 0.414 e. The van der Waals surface area contributed by atoms with E-state index in [0.29, 0.717) is 48.3 Å². The number of nitrogens with zero attached hydrogens (tertiary/aromatic N) is 3. The molecule has 4 rings (SSSR count). The topological polar surface area (TPSA) is 94.2 Å². The molecule has 0 unspecified atom stereocenters. The van der Waals surface area contributed by atoms with E-state index in [4.69, 9.17) is 16.3 Å². The molecule has 2 fully saturated rings. The van der Waals surface area contributed by atoms with Crippen LogP contribution in [0.1, 0.15) is 12.5 Å². The predicted molar refractivity (Wildman–Crippen MR) is 132 cm³/mol. The van der Waals surface area contributed by atoms with Crippen molar-refractivity contribution >= 4 is 46.7 Å². The maximum Gasteiger partial charge on any atom is 0.414 e. The Kier molecular flexibility index (Phi) is 7.30. The molecule has 0 saturated carbocycles. The number of amides is 4. The van der Waals surface area contributed by atoms with E-state index in [-0.39, 0.29) is 25.0 Å². The van der Waals surface area contributed by atoms with Crippen LogP contribution in [0.2, 0.25) is 5.02 Å². The first-order chi connectivity index (χ1) is 16.7. The first-order valence-corrected chi connectivity index (χ1v) is 11.7. The molecule has 2 aromatic rings. The van der Waals surface area contributed by atoms with Gasteiger partial charge in [-0.2, -0.15) is 0 Å². The molecule has 1 atom stereocenters. The van der Waals surface area contributed by atoms with Crippen molar-refractivity contribution in [3.8, 4) is 0 Å². The molecule has 2 saturated heterocycles. The summed E-state index contributed by atoms with van der Waals surface area (Å²) in [6.45, 7) is 5.42. The van der Waals surface area contributed by atoms with Crippen LogP contribution < -0.4 is 20.4 Å². The number of nitrogens with one attached hydrogen (secondary N) is 2. The van der Waals surface area contributed by atoms with Crippen molar-refractivity contribution < 1.29 is 23.5 Å². The fourth-order valence-electron chi connectivity index (χ4n) is 4.14. The highest BCUT2D eigenvalue weighted by Gasteiger charge is 2.33. The fraction of sp³-hybridized carbons (Fsp3) is 0.375. The fourth-order valence-corrected chi connectivity index (χ4v) is 4.41. The summed E-state index contributed by atoms with van der Waals surface area (Å²) in [5, 5.41) is 5.95. The minimum absolute atomic E-state index is 0.200. The van der Waals surface area contributed by atoms with Crippen LogP contribution in [0, 0.1) is 12.7 Å². The van der Waals surface area contributed by atoms with E-state index in [1.54, 1.807) is 23.1 Å². The molecule has 0 bridgehead atoms. The zero-order valence-corrected chi connectivity index (χ0v) is 20.3. The Balaban J connectivity index is 1.35. The number of hydrogen-bond acceptors (Lipinski definition) is 5. The lowest BCUT2D eigenvalue weighted by molar-refractivity contribution is -0.119. The number of carbonyl (C=O) groups excluding carboxylic acids is 3. The Morgan fingerprint density at radius 3 is 2.57 bits per heavy atom. The Bertz CT molecular complexity index is 1120. The lowest BCUT2D eigenvalue weighted by atomic mass is 10.2. The molecular formula is C24H27ClFN5O4. The van der Waals surface area contributed by atoms with Gasteiger partial charge in [0, 0.05) is 33.1 Å². The summed E-state index contributed by atoms with van der Waals surface area (Å²) in [6.07, 6.45) is -1.08. The SMILES string of the molecule is CC(=O)NC[C@H]1CN(c2ccc(N3CCN(C(=O)Nc4c(C)cccc4Cl)CC3)c(F)c2)C(=O)O1. The predicted octanol–water partition coefficient (Wildman–Crippen LogP) is 3.60. The van der Waals surface area contributed by atoms with Gasteiger partial charge in [0.05, 0.1) is 35.2 Å². The monoisotopic (exact) mass is 503 g/mol. The molecule has 35 heavy (non-hydrogen) atoms. The van der Waals surface area contributed by atoms with E-state index in [1.165, 1.54) is 17.9 Å². The van der Waals surface area contributed by atoms with E-state index in [2.05, 4.69) is 10.6 Å². The van der Waals surface area contributed by atoms with Gasteiger partial charge in [0.25, 0.3) is 0 Å². The van der Waals surface area contributed by atoms with Gasteiger partial charge in [-0.25, -0.2) is 14.0 Å². The summed E-state index contributed by atoms with van der Waals surface area (Å²) >= 11 is 6.21. The quantitative estimate of drug-likeness (QED) is 0.650. The number of aryl methyl sites for hydroxylation is 1. The minimum Gasteiger partial charge on any atom is -0.442 e. The maximum absolute atomic E-state index is 15.0. The van der Waals surface area contributed by atoms with Crippen LogP contribution in [0.4, 0.5) is 31.0 Å². The van der Waals surface area contributed by atoms with Crippen molar-refractivity contribution in [3.05, 3.63) is 52.8 Å². The summed E-state index contributed by atoms with van der Waals surface area (Å²) in [6, 6.07) is 9.76. The van der Waals surface area contributed by atoms with Crippen molar-refractivity contribution in [2.45, 2.75) is 20.0 Å². The first-order valence-electron chi connectivity index (χ1n) is 11.3. The molecule has 2 N–H and O–H groups in total. The third kappa shape index (κ3) is 5.59. The normalized spacial score (nSPS) is 17.9. The molecule has 0 radical (unpaired) electrons. The maximum atomic E-state index is 15.0. The summed E-state index contributed by atoms with van der Waals surface area (Å²) in [5.74, 6) is -0.684. The van der Waals surface area contributed by atoms with Crippen molar-refractivity contribution in [2.75, 3.05) is 54.4 Å². The molecule has 2 aliphatic rings. The van der Waals surface area contributed by atoms with Gasteiger partial charge in [-0.3, -0.25) is 9.69 Å². The second kappa shape index (κ2) is 10.4. The number of carbonyl (C=O) groups is 3. The first kappa shape index (κ1) is 24.6. The van der Waals surface area contributed by atoms with Crippen molar-refractivity contribution in [2.24, 2.45) is 0 Å². The van der Waals surface area contributed by atoms with E-state index >= 15 is 4.39 Å². The lowest BCUT2D eigenvalue weighted by Crippen LogP contribution is -2.50. The number of cyclic esters (lactones) is 1. The summed E-state index contributed by atoms with van der Waals surface area (Å²) < 4.78 is 20.3. The number of anilines is 3. The van der Waals surface area contributed by atoms with Crippen molar-refractivity contribution in [1.29, 1.82) is 0 Å². The van der Waals surface area contributed by atoms with E-state index < -0.39 is 18.0 Å². The minimum atomic E-state index is -0.583. The second-order valence-electron chi connectivity index (χ2n) is 8.53. The van der Waals surface area contributed by atoms with Gasteiger partial charge < -0.3 is 25.2 Å². The summed E-state index contributed by atoms with van der Waals surface area (Å²) in [7, 11) is 0. The van der Waals surface area contributed by atoms with Crippen LogP contribution >= 0.6 is 11.6 Å². The van der Waals surface area contributed by atoms with Gasteiger partial charge in [-0.1, -0.05) is 23.7 Å². The molecule has 2 aliphatic heterocycles. The van der Waals surface area contributed by atoms with Gasteiger partial charge in [-0.05, 0) is 36.8 Å². The Labute approximate surface area is 207 Å². The Hall–Kier alpha value is -3.53. The van der Waals surface area contributed by atoms with Crippen LogP contribution in [0.25, 0.3) is 0 Å². The number of benzene rings is 2. The number of piperazine rings is 1. The third-order valence-corrected chi connectivity index (χ3v) is 6.37. The molecule has 4 amide bonds. The van der Waals surface area contributed by atoms with Crippen LogP contribution in [0.5, 0.6) is 0 Å². The second-order valence-corrected chi connectivity index (χ2v) is 8.93. The molecule has 11 heteroatoms. The molecule has 0 aliphatic carbocycles. The molecule has 9 nitrogen and oxygen atoms in total. The Morgan fingerprint density at radius 1 is 1.17 bits per heavy atom. The number of urea groups is 1.